The number of hydrogen-bond donors (Lipinski definition) is 1. The number of hydrogen-bond acceptors (Lipinski definition) is 3. The summed E-state index contributed by atoms with van der Waals surface area (Å²) in [5.74, 6) is -1.29. The predicted octanol–water partition coefficient (Wildman–Crippen LogP) is 3.34. The summed E-state index contributed by atoms with van der Waals surface area (Å²) in [6.45, 7) is 2.57. The van der Waals surface area contributed by atoms with Gasteiger partial charge in [0.05, 0.1) is 6.61 Å². The lowest BCUT2D eigenvalue weighted by Crippen LogP contribution is -2.38. The number of unbranched alkanes of at least 4 members (excludes halogenated alkanes) is 6. The third kappa shape index (κ3) is 7.51. The highest BCUT2D eigenvalue weighted by Crippen LogP contribution is 2.17. The normalized spacial score (nSPS) is 15.2. The van der Waals surface area contributed by atoms with Crippen molar-refractivity contribution in [2.75, 3.05) is 6.61 Å². The van der Waals surface area contributed by atoms with E-state index in [0.717, 1.165) is 38.5 Å². The van der Waals surface area contributed by atoms with Crippen LogP contribution in [0.5, 0.6) is 0 Å². The zero-order chi connectivity index (χ0) is 14.6. The summed E-state index contributed by atoms with van der Waals surface area (Å²) in [6.07, 6.45) is 12.5. The minimum Gasteiger partial charge on any atom is -0.459 e. The number of rotatable bonds is 9. The third-order valence-corrected chi connectivity index (χ3v) is 3.86. The molecular formula is C16H29NO3. The molecule has 0 bridgehead atoms. The molecule has 0 radical (unpaired) electrons. The van der Waals surface area contributed by atoms with E-state index in [1.54, 1.807) is 0 Å². The maximum Gasteiger partial charge on any atom is 0.396 e. The molecule has 4 heteroatoms. The molecular weight excluding hydrogens is 254 g/mol. The molecule has 1 amide bonds. The number of nitrogens with one attached hydrogen (secondary N) is 1. The summed E-state index contributed by atoms with van der Waals surface area (Å²) in [6, 6.07) is 0.175. The first kappa shape index (κ1) is 17.0. The van der Waals surface area contributed by atoms with Crippen LogP contribution in [0.1, 0.15) is 77.6 Å². The van der Waals surface area contributed by atoms with Crippen molar-refractivity contribution in [3.05, 3.63) is 0 Å². The summed E-state index contributed by atoms with van der Waals surface area (Å²) in [4.78, 5) is 23.0. The molecule has 0 aliphatic heterocycles. The number of ether oxygens (including phenoxy) is 1. The molecule has 0 aromatic rings. The minimum absolute atomic E-state index is 0.175. The van der Waals surface area contributed by atoms with E-state index in [1.807, 2.05) is 0 Å². The van der Waals surface area contributed by atoms with Gasteiger partial charge < -0.3 is 10.1 Å². The smallest absolute Gasteiger partial charge is 0.396 e. The fraction of sp³-hybridized carbons (Fsp3) is 0.875. The van der Waals surface area contributed by atoms with E-state index in [4.69, 9.17) is 4.74 Å². The Balaban J connectivity index is 1.95. The van der Waals surface area contributed by atoms with Crippen LogP contribution in [-0.2, 0) is 14.3 Å². The van der Waals surface area contributed by atoms with Gasteiger partial charge in [0.25, 0.3) is 0 Å². The largest absolute Gasteiger partial charge is 0.459 e. The maximum absolute atomic E-state index is 11.6. The van der Waals surface area contributed by atoms with E-state index in [1.165, 1.54) is 32.1 Å². The van der Waals surface area contributed by atoms with E-state index in [0.29, 0.717) is 6.61 Å². The van der Waals surface area contributed by atoms with Crippen LogP contribution in [0.4, 0.5) is 0 Å². The zero-order valence-electron chi connectivity index (χ0n) is 12.8. The first-order chi connectivity index (χ1) is 9.74. The Bertz CT molecular complexity index is 285. The van der Waals surface area contributed by atoms with Crippen LogP contribution in [0.2, 0.25) is 0 Å². The monoisotopic (exact) mass is 283 g/mol. The molecule has 20 heavy (non-hydrogen) atoms. The molecule has 0 unspecified atom stereocenters. The van der Waals surface area contributed by atoms with Crippen LogP contribution in [0.3, 0.4) is 0 Å². The second kappa shape index (κ2) is 10.7. The Hall–Kier alpha value is -1.06. The van der Waals surface area contributed by atoms with Crippen LogP contribution in [0, 0.1) is 0 Å². The number of amides is 1. The highest BCUT2D eigenvalue weighted by atomic mass is 16.5. The van der Waals surface area contributed by atoms with E-state index in [-0.39, 0.29) is 6.04 Å². The van der Waals surface area contributed by atoms with Gasteiger partial charge in [-0.15, -0.1) is 0 Å². The molecule has 1 saturated carbocycles. The lowest BCUT2D eigenvalue weighted by Gasteiger charge is -2.11. The summed E-state index contributed by atoms with van der Waals surface area (Å²) in [5, 5.41) is 2.74. The van der Waals surface area contributed by atoms with Gasteiger partial charge in [0.15, 0.2) is 0 Å². The molecule has 0 aromatic heterocycles. The number of carbonyl (C=O) groups excluding carboxylic acids is 2. The van der Waals surface area contributed by atoms with E-state index < -0.39 is 11.9 Å². The molecule has 0 spiro atoms. The van der Waals surface area contributed by atoms with Crippen LogP contribution in [0.25, 0.3) is 0 Å². The van der Waals surface area contributed by atoms with Gasteiger partial charge in [-0.2, -0.15) is 0 Å². The van der Waals surface area contributed by atoms with Crippen molar-refractivity contribution < 1.29 is 14.3 Å². The van der Waals surface area contributed by atoms with Crippen LogP contribution in [-0.4, -0.2) is 24.5 Å². The topological polar surface area (TPSA) is 55.4 Å². The van der Waals surface area contributed by atoms with Crippen molar-refractivity contribution in [1.29, 1.82) is 0 Å². The molecule has 0 heterocycles. The second-order valence-electron chi connectivity index (χ2n) is 5.71. The van der Waals surface area contributed by atoms with Gasteiger partial charge in [0.2, 0.25) is 0 Å². The van der Waals surface area contributed by atoms with Gasteiger partial charge in [0.1, 0.15) is 0 Å². The average Bonchev–Trinajstić information content (AvgIpc) is 2.94. The van der Waals surface area contributed by atoms with Gasteiger partial charge in [-0.25, -0.2) is 4.79 Å². The number of carbonyl (C=O) groups is 2. The predicted molar refractivity (Wildman–Crippen MR) is 79.4 cm³/mol. The van der Waals surface area contributed by atoms with Crippen molar-refractivity contribution in [1.82, 2.24) is 5.32 Å². The molecule has 0 atom stereocenters. The molecule has 1 N–H and O–H groups in total. The van der Waals surface area contributed by atoms with Crippen molar-refractivity contribution in [2.24, 2.45) is 0 Å². The Morgan fingerprint density at radius 2 is 1.60 bits per heavy atom. The fourth-order valence-electron chi connectivity index (χ4n) is 2.60. The van der Waals surface area contributed by atoms with Crippen molar-refractivity contribution >= 4 is 11.9 Å². The van der Waals surface area contributed by atoms with Crippen molar-refractivity contribution in [2.45, 2.75) is 83.6 Å². The summed E-state index contributed by atoms with van der Waals surface area (Å²) >= 11 is 0. The fourth-order valence-corrected chi connectivity index (χ4v) is 2.60. The maximum atomic E-state index is 11.6. The highest BCUT2D eigenvalue weighted by molar-refractivity contribution is 6.32. The van der Waals surface area contributed by atoms with Gasteiger partial charge in [0, 0.05) is 6.04 Å². The van der Waals surface area contributed by atoms with Gasteiger partial charge in [-0.1, -0.05) is 58.3 Å². The van der Waals surface area contributed by atoms with E-state index >= 15 is 0 Å². The Kier molecular flexibility index (Phi) is 9.09. The molecule has 4 nitrogen and oxygen atoms in total. The molecule has 1 aliphatic carbocycles. The number of esters is 1. The molecule has 1 fully saturated rings. The second-order valence-corrected chi connectivity index (χ2v) is 5.71. The van der Waals surface area contributed by atoms with Gasteiger partial charge >= 0.3 is 11.9 Å². The first-order valence-corrected chi connectivity index (χ1v) is 8.21. The molecule has 0 aromatic carbocycles. The zero-order valence-corrected chi connectivity index (χ0v) is 12.8. The molecule has 0 saturated heterocycles. The van der Waals surface area contributed by atoms with Crippen LogP contribution < -0.4 is 5.32 Å². The lowest BCUT2D eigenvalue weighted by atomic mass is 10.1. The summed E-state index contributed by atoms with van der Waals surface area (Å²) in [7, 11) is 0. The van der Waals surface area contributed by atoms with Crippen molar-refractivity contribution in [3.8, 4) is 0 Å². The van der Waals surface area contributed by atoms with Gasteiger partial charge in [-0.3, -0.25) is 4.79 Å². The average molecular weight is 283 g/mol. The molecule has 116 valence electrons. The van der Waals surface area contributed by atoms with E-state index in [9.17, 15) is 9.59 Å². The Labute approximate surface area is 122 Å². The Morgan fingerprint density at radius 3 is 2.25 bits per heavy atom. The van der Waals surface area contributed by atoms with Crippen LogP contribution in [0.15, 0.2) is 0 Å². The standard InChI is InChI=1S/C16H29NO3/c1-2-3-4-5-6-7-10-13-20-16(19)15(18)17-14-11-8-9-12-14/h14H,2-13H2,1H3,(H,17,18). The highest BCUT2D eigenvalue weighted by Gasteiger charge is 2.22. The third-order valence-electron chi connectivity index (χ3n) is 3.86. The molecule has 1 rings (SSSR count). The van der Waals surface area contributed by atoms with E-state index in [2.05, 4.69) is 12.2 Å². The van der Waals surface area contributed by atoms with Crippen molar-refractivity contribution in [3.63, 3.8) is 0 Å². The van der Waals surface area contributed by atoms with Crippen LogP contribution >= 0.6 is 0 Å². The minimum atomic E-state index is -0.720. The van der Waals surface area contributed by atoms with Gasteiger partial charge in [-0.05, 0) is 19.3 Å². The first-order valence-electron chi connectivity index (χ1n) is 8.21. The summed E-state index contributed by atoms with van der Waals surface area (Å²) < 4.78 is 4.99. The Morgan fingerprint density at radius 1 is 1.00 bits per heavy atom. The quantitative estimate of drug-likeness (QED) is 0.401. The SMILES string of the molecule is CCCCCCCCCOC(=O)C(=O)NC1CCCC1. The summed E-state index contributed by atoms with van der Waals surface area (Å²) in [5.41, 5.74) is 0. The lowest BCUT2D eigenvalue weighted by molar-refractivity contribution is -0.155. The molecule has 1 aliphatic rings.